The van der Waals surface area contributed by atoms with Gasteiger partial charge in [0.1, 0.15) is 10.7 Å². The first-order chi connectivity index (χ1) is 10.4. The molecule has 124 valence electrons. The molecule has 0 amide bonds. The molecule has 1 aromatic carbocycles. The van der Waals surface area contributed by atoms with Gasteiger partial charge in [0, 0.05) is 24.8 Å². The van der Waals surface area contributed by atoms with E-state index in [9.17, 15) is 12.8 Å². The third kappa shape index (κ3) is 3.50. The fourth-order valence-corrected chi connectivity index (χ4v) is 3.77. The van der Waals surface area contributed by atoms with Crippen LogP contribution in [-0.4, -0.2) is 41.4 Å². The molecule has 6 nitrogen and oxygen atoms in total. The highest BCUT2D eigenvalue weighted by molar-refractivity contribution is 7.89. The van der Waals surface area contributed by atoms with Gasteiger partial charge in [-0.3, -0.25) is 0 Å². The Balaban J connectivity index is 2.28. The maximum absolute atomic E-state index is 14.1. The van der Waals surface area contributed by atoms with Gasteiger partial charge in [-0.25, -0.2) is 17.5 Å². The lowest BCUT2D eigenvalue weighted by molar-refractivity contribution is 0.0902. The van der Waals surface area contributed by atoms with Crippen LogP contribution in [0.2, 0.25) is 0 Å². The van der Waals surface area contributed by atoms with Gasteiger partial charge in [0.25, 0.3) is 0 Å². The van der Waals surface area contributed by atoms with Crippen LogP contribution < -0.4 is 14.2 Å². The lowest BCUT2D eigenvalue weighted by Gasteiger charge is -2.20. The first-order valence-corrected chi connectivity index (χ1v) is 8.43. The molecule has 1 N–H and O–H groups in total. The van der Waals surface area contributed by atoms with Gasteiger partial charge in [0.05, 0.1) is 20.3 Å². The van der Waals surface area contributed by atoms with Crippen molar-refractivity contribution in [3.8, 4) is 11.5 Å². The van der Waals surface area contributed by atoms with Crippen molar-refractivity contribution in [3.05, 3.63) is 17.9 Å². The molecular formula is C14H20FNO5S. The largest absolute Gasteiger partial charge is 0.493 e. The number of sulfonamides is 1. The van der Waals surface area contributed by atoms with Crippen LogP contribution in [0, 0.1) is 5.82 Å². The van der Waals surface area contributed by atoms with E-state index in [4.69, 9.17) is 14.2 Å². The number of benzene rings is 1. The summed E-state index contributed by atoms with van der Waals surface area (Å²) in [7, 11) is -1.32. The van der Waals surface area contributed by atoms with E-state index in [1.165, 1.54) is 14.2 Å². The van der Waals surface area contributed by atoms with Gasteiger partial charge in [-0.15, -0.1) is 0 Å². The predicted octanol–water partition coefficient (Wildman–Crippen LogP) is 1.69. The highest BCUT2D eigenvalue weighted by Gasteiger charge is 2.29. The highest BCUT2D eigenvalue weighted by atomic mass is 32.2. The fraction of sp³-hybridized carbons (Fsp3) is 0.571. The summed E-state index contributed by atoms with van der Waals surface area (Å²) >= 11 is 0. The Kier molecular flexibility index (Phi) is 5.25. The number of rotatable bonds is 6. The van der Waals surface area contributed by atoms with E-state index in [1.807, 2.05) is 0 Å². The molecule has 0 aliphatic carbocycles. The molecule has 1 aliphatic heterocycles. The van der Waals surface area contributed by atoms with E-state index in [0.717, 1.165) is 25.0 Å². The summed E-state index contributed by atoms with van der Waals surface area (Å²) < 4.78 is 56.7. The van der Waals surface area contributed by atoms with E-state index >= 15 is 0 Å². The molecule has 1 saturated heterocycles. The molecule has 0 bridgehead atoms. The highest BCUT2D eigenvalue weighted by Crippen LogP contribution is 2.32. The Morgan fingerprint density at radius 3 is 2.50 bits per heavy atom. The van der Waals surface area contributed by atoms with Crippen LogP contribution in [-0.2, 0) is 14.8 Å². The minimum Gasteiger partial charge on any atom is -0.493 e. The fourth-order valence-electron chi connectivity index (χ4n) is 2.42. The molecular weight excluding hydrogens is 313 g/mol. The number of nitrogens with one attached hydrogen (secondary N) is 1. The SMILES string of the molecule is COc1cc(F)c(S(=O)(=O)N[C@H](C)[C@@H]2CCCO2)cc1OC. The number of methoxy groups -OCH3 is 2. The van der Waals surface area contributed by atoms with E-state index < -0.39 is 26.8 Å². The van der Waals surface area contributed by atoms with E-state index in [1.54, 1.807) is 6.92 Å². The van der Waals surface area contributed by atoms with Gasteiger partial charge in [-0.05, 0) is 19.8 Å². The van der Waals surface area contributed by atoms with Crippen molar-refractivity contribution in [1.82, 2.24) is 4.72 Å². The van der Waals surface area contributed by atoms with Gasteiger partial charge in [0.15, 0.2) is 11.5 Å². The number of hydrogen-bond donors (Lipinski definition) is 1. The Hall–Kier alpha value is -1.38. The van der Waals surface area contributed by atoms with Crippen molar-refractivity contribution in [1.29, 1.82) is 0 Å². The van der Waals surface area contributed by atoms with Gasteiger partial charge in [-0.1, -0.05) is 0 Å². The number of halogens is 1. The summed E-state index contributed by atoms with van der Waals surface area (Å²) in [5.74, 6) is -0.621. The third-order valence-corrected chi connectivity index (χ3v) is 5.17. The number of hydrogen-bond acceptors (Lipinski definition) is 5. The zero-order valence-corrected chi connectivity index (χ0v) is 13.6. The quantitative estimate of drug-likeness (QED) is 0.857. The molecule has 1 heterocycles. The second kappa shape index (κ2) is 6.80. The van der Waals surface area contributed by atoms with Gasteiger partial charge in [-0.2, -0.15) is 0 Å². The summed E-state index contributed by atoms with van der Waals surface area (Å²) in [4.78, 5) is -0.477. The lowest BCUT2D eigenvalue weighted by Crippen LogP contribution is -2.41. The van der Waals surface area contributed by atoms with Crippen LogP contribution in [0.5, 0.6) is 11.5 Å². The summed E-state index contributed by atoms with van der Waals surface area (Å²) in [6, 6.07) is 1.66. The molecule has 0 unspecified atom stereocenters. The first kappa shape index (κ1) is 17.0. The Morgan fingerprint density at radius 1 is 1.32 bits per heavy atom. The average Bonchev–Trinajstić information content (AvgIpc) is 3.00. The normalized spacial score (nSPS) is 19.9. The molecule has 0 spiro atoms. The van der Waals surface area contributed by atoms with Crippen LogP contribution in [0.25, 0.3) is 0 Å². The maximum Gasteiger partial charge on any atom is 0.243 e. The zero-order chi connectivity index (χ0) is 16.3. The molecule has 1 fully saturated rings. The summed E-state index contributed by atoms with van der Waals surface area (Å²) in [5, 5.41) is 0. The van der Waals surface area contributed by atoms with E-state index in [0.29, 0.717) is 6.61 Å². The molecule has 2 rings (SSSR count). The monoisotopic (exact) mass is 333 g/mol. The second-order valence-electron chi connectivity index (χ2n) is 5.10. The van der Waals surface area contributed by atoms with Crippen molar-refractivity contribution >= 4 is 10.0 Å². The average molecular weight is 333 g/mol. The van der Waals surface area contributed by atoms with E-state index in [2.05, 4.69) is 4.72 Å². The third-order valence-electron chi connectivity index (χ3n) is 3.59. The van der Waals surface area contributed by atoms with Crippen molar-refractivity contribution in [3.63, 3.8) is 0 Å². The van der Waals surface area contributed by atoms with Crippen LogP contribution in [0.15, 0.2) is 17.0 Å². The van der Waals surface area contributed by atoms with Gasteiger partial charge >= 0.3 is 0 Å². The van der Waals surface area contributed by atoms with Crippen LogP contribution in [0.4, 0.5) is 4.39 Å². The van der Waals surface area contributed by atoms with Gasteiger partial charge in [0.2, 0.25) is 10.0 Å². The van der Waals surface area contributed by atoms with Crippen LogP contribution in [0.1, 0.15) is 19.8 Å². The molecule has 1 aromatic rings. The Bertz CT molecular complexity index is 628. The van der Waals surface area contributed by atoms with Crippen molar-refractivity contribution in [2.45, 2.75) is 36.8 Å². The Labute approximate surface area is 129 Å². The summed E-state index contributed by atoms with van der Waals surface area (Å²) in [6.45, 7) is 2.31. The minimum atomic E-state index is -4.03. The lowest BCUT2D eigenvalue weighted by atomic mass is 10.1. The summed E-state index contributed by atoms with van der Waals surface area (Å²) in [5.41, 5.74) is 0. The molecule has 8 heteroatoms. The smallest absolute Gasteiger partial charge is 0.243 e. The van der Waals surface area contributed by atoms with Crippen LogP contribution >= 0.6 is 0 Å². The predicted molar refractivity (Wildman–Crippen MR) is 78.3 cm³/mol. The molecule has 0 saturated carbocycles. The van der Waals surface area contributed by atoms with Gasteiger partial charge < -0.3 is 14.2 Å². The Morgan fingerprint density at radius 2 is 1.95 bits per heavy atom. The maximum atomic E-state index is 14.1. The topological polar surface area (TPSA) is 73.9 Å². The zero-order valence-electron chi connectivity index (χ0n) is 12.8. The molecule has 1 aliphatic rings. The van der Waals surface area contributed by atoms with Crippen LogP contribution in [0.3, 0.4) is 0 Å². The molecule has 22 heavy (non-hydrogen) atoms. The summed E-state index contributed by atoms with van der Waals surface area (Å²) in [6.07, 6.45) is 1.47. The van der Waals surface area contributed by atoms with Crippen molar-refractivity contribution < 1.29 is 27.0 Å². The minimum absolute atomic E-state index is 0.131. The second-order valence-corrected chi connectivity index (χ2v) is 6.78. The molecule has 0 aromatic heterocycles. The molecule has 0 radical (unpaired) electrons. The van der Waals surface area contributed by atoms with Crippen molar-refractivity contribution in [2.75, 3.05) is 20.8 Å². The van der Waals surface area contributed by atoms with E-state index in [-0.39, 0.29) is 17.6 Å². The number of ether oxygens (including phenoxy) is 3. The first-order valence-electron chi connectivity index (χ1n) is 6.94. The standard InChI is InChI=1S/C14H20FNO5S/c1-9(11-5-4-6-21-11)16-22(17,18)14-8-13(20-3)12(19-2)7-10(14)15/h7-9,11,16H,4-6H2,1-3H3/t9-,11+/m1/s1. The molecule has 2 atom stereocenters. The van der Waals surface area contributed by atoms with Crippen molar-refractivity contribution in [2.24, 2.45) is 0 Å².